The zero-order valence-electron chi connectivity index (χ0n) is 8.87. The minimum Gasteiger partial charge on any atom is -0.329 e. The fourth-order valence-corrected chi connectivity index (χ4v) is 2.47. The van der Waals surface area contributed by atoms with E-state index in [9.17, 15) is 0 Å². The number of nitrogens with two attached hydrogens (primary N) is 1. The van der Waals surface area contributed by atoms with E-state index >= 15 is 0 Å². The molecule has 0 aliphatic heterocycles. The molecule has 0 bridgehead atoms. The van der Waals surface area contributed by atoms with Gasteiger partial charge in [0.25, 0.3) is 0 Å². The van der Waals surface area contributed by atoms with Gasteiger partial charge in [0.15, 0.2) is 0 Å². The largest absolute Gasteiger partial charge is 0.329 e. The molecule has 4 heteroatoms. The Kier molecular flexibility index (Phi) is 5.95. The van der Waals surface area contributed by atoms with Crippen LogP contribution in [0.4, 0.5) is 0 Å². The van der Waals surface area contributed by atoms with Crippen molar-refractivity contribution in [2.45, 2.75) is 19.4 Å². The molecule has 1 rings (SSSR count). The van der Waals surface area contributed by atoms with Crippen molar-refractivity contribution in [2.75, 3.05) is 13.1 Å². The predicted octanol–water partition coefficient (Wildman–Crippen LogP) is 2.96. The lowest BCUT2D eigenvalue weighted by atomic mass is 10.2. The fourth-order valence-electron chi connectivity index (χ4n) is 1.32. The maximum absolute atomic E-state index is 5.88. The second-order valence-corrected chi connectivity index (χ2v) is 4.99. The first-order valence-electron chi connectivity index (χ1n) is 5.07. The van der Waals surface area contributed by atoms with Gasteiger partial charge in [-0.15, -0.1) is 11.3 Å². The molecule has 2 nitrogen and oxygen atoms in total. The van der Waals surface area contributed by atoms with Crippen molar-refractivity contribution in [3.8, 4) is 0 Å². The third-order valence-electron chi connectivity index (χ3n) is 2.11. The molecule has 0 aliphatic rings. The predicted molar refractivity (Wildman–Crippen MR) is 68.6 cm³/mol. The van der Waals surface area contributed by atoms with Gasteiger partial charge in [-0.1, -0.05) is 23.8 Å². The lowest BCUT2D eigenvalue weighted by molar-refractivity contribution is 0.556. The quantitative estimate of drug-likeness (QED) is 0.597. The van der Waals surface area contributed by atoms with Crippen LogP contribution in [0.25, 0.3) is 0 Å². The number of rotatable bonds is 6. The van der Waals surface area contributed by atoms with Gasteiger partial charge in [-0.25, -0.2) is 0 Å². The Balaban J connectivity index is 2.42. The van der Waals surface area contributed by atoms with Crippen molar-refractivity contribution < 1.29 is 0 Å². The Bertz CT molecular complexity index is 309. The average molecular weight is 245 g/mol. The summed E-state index contributed by atoms with van der Waals surface area (Å²) in [5.74, 6) is 0. The van der Waals surface area contributed by atoms with E-state index in [4.69, 9.17) is 17.3 Å². The first-order chi connectivity index (χ1) is 7.27. The van der Waals surface area contributed by atoms with Crippen molar-refractivity contribution in [3.05, 3.63) is 33.5 Å². The number of nitrogens with one attached hydrogen (secondary N) is 1. The minimum atomic E-state index is 0.229. The van der Waals surface area contributed by atoms with E-state index in [-0.39, 0.29) is 6.04 Å². The molecule has 15 heavy (non-hydrogen) atoms. The highest BCUT2D eigenvalue weighted by Crippen LogP contribution is 2.26. The Hall–Kier alpha value is -0.350. The number of allylic oxidation sites excluding steroid dienone is 1. The molecule has 1 unspecified atom stereocenters. The summed E-state index contributed by atoms with van der Waals surface area (Å²) in [6, 6.07) is 4.18. The molecule has 0 aliphatic carbocycles. The Morgan fingerprint density at radius 1 is 1.60 bits per heavy atom. The summed E-state index contributed by atoms with van der Waals surface area (Å²) in [6.45, 7) is 3.58. The molecule has 84 valence electrons. The molecule has 0 spiro atoms. The van der Waals surface area contributed by atoms with Gasteiger partial charge in [0.1, 0.15) is 0 Å². The molecule has 0 aromatic carbocycles. The van der Waals surface area contributed by atoms with E-state index in [1.54, 1.807) is 11.3 Å². The minimum absolute atomic E-state index is 0.229. The topological polar surface area (TPSA) is 38.0 Å². The summed E-state index contributed by atoms with van der Waals surface area (Å²) < 4.78 is 0.818. The highest BCUT2D eigenvalue weighted by Gasteiger charge is 2.10. The summed E-state index contributed by atoms with van der Waals surface area (Å²) >= 11 is 7.47. The molecular weight excluding hydrogens is 228 g/mol. The normalized spacial score (nSPS) is 13.5. The Morgan fingerprint density at radius 2 is 2.40 bits per heavy atom. The highest BCUT2D eigenvalue weighted by molar-refractivity contribution is 7.16. The number of halogens is 1. The van der Waals surface area contributed by atoms with Gasteiger partial charge in [-0.3, -0.25) is 0 Å². The van der Waals surface area contributed by atoms with E-state index in [0.29, 0.717) is 6.54 Å². The van der Waals surface area contributed by atoms with Crippen LogP contribution in [0.2, 0.25) is 4.34 Å². The van der Waals surface area contributed by atoms with Crippen LogP contribution in [0.1, 0.15) is 24.3 Å². The number of thiophene rings is 1. The van der Waals surface area contributed by atoms with Crippen molar-refractivity contribution in [1.29, 1.82) is 0 Å². The zero-order chi connectivity index (χ0) is 11.1. The molecule has 0 radical (unpaired) electrons. The fraction of sp³-hybridized carbons (Fsp3) is 0.455. The molecule has 1 aromatic heterocycles. The second kappa shape index (κ2) is 7.01. The van der Waals surface area contributed by atoms with E-state index in [1.165, 1.54) is 4.88 Å². The van der Waals surface area contributed by atoms with Gasteiger partial charge < -0.3 is 11.1 Å². The third-order valence-corrected chi connectivity index (χ3v) is 3.46. The Labute approximate surface area is 100 Å². The first kappa shape index (κ1) is 12.7. The van der Waals surface area contributed by atoms with Gasteiger partial charge in [0.2, 0.25) is 0 Å². The molecule has 0 saturated carbocycles. The average Bonchev–Trinajstić information content (AvgIpc) is 2.65. The van der Waals surface area contributed by atoms with Crippen LogP contribution in [0.15, 0.2) is 24.3 Å². The Morgan fingerprint density at radius 3 is 2.93 bits per heavy atom. The van der Waals surface area contributed by atoms with Gasteiger partial charge >= 0.3 is 0 Å². The van der Waals surface area contributed by atoms with E-state index in [0.717, 1.165) is 17.3 Å². The maximum Gasteiger partial charge on any atom is 0.0931 e. The van der Waals surface area contributed by atoms with Crippen LogP contribution in [0.3, 0.4) is 0 Å². The van der Waals surface area contributed by atoms with E-state index in [1.807, 2.05) is 19.1 Å². The van der Waals surface area contributed by atoms with E-state index in [2.05, 4.69) is 17.5 Å². The molecule has 1 aromatic rings. The van der Waals surface area contributed by atoms with Crippen molar-refractivity contribution in [3.63, 3.8) is 0 Å². The summed E-state index contributed by atoms with van der Waals surface area (Å²) in [6.07, 6.45) is 5.23. The van der Waals surface area contributed by atoms with E-state index < -0.39 is 0 Å². The second-order valence-electron chi connectivity index (χ2n) is 3.24. The summed E-state index contributed by atoms with van der Waals surface area (Å²) in [7, 11) is 0. The summed E-state index contributed by atoms with van der Waals surface area (Å²) in [5.41, 5.74) is 5.71. The standard InChI is InChI=1S/C11H17ClN2S/c1-2-3-4-7-14-9(8-13)10-5-6-11(12)15-10/h2-3,5-6,9,14H,4,7-8,13H2,1H3/b3-2+. The van der Waals surface area contributed by atoms with Crippen molar-refractivity contribution in [1.82, 2.24) is 5.32 Å². The van der Waals surface area contributed by atoms with Crippen LogP contribution >= 0.6 is 22.9 Å². The zero-order valence-corrected chi connectivity index (χ0v) is 10.4. The molecule has 1 heterocycles. The molecule has 3 N–H and O–H groups in total. The van der Waals surface area contributed by atoms with Gasteiger partial charge in [0, 0.05) is 11.4 Å². The van der Waals surface area contributed by atoms with Crippen molar-refractivity contribution in [2.24, 2.45) is 5.73 Å². The SMILES string of the molecule is C/C=C/CCNC(CN)c1ccc(Cl)s1. The molecule has 0 amide bonds. The van der Waals surface area contributed by atoms with Gasteiger partial charge in [-0.2, -0.15) is 0 Å². The molecule has 0 fully saturated rings. The van der Waals surface area contributed by atoms with Crippen molar-refractivity contribution >= 4 is 22.9 Å². The van der Waals surface area contributed by atoms with Crippen LogP contribution < -0.4 is 11.1 Å². The van der Waals surface area contributed by atoms with Crippen LogP contribution in [0, 0.1) is 0 Å². The van der Waals surface area contributed by atoms with Crippen LogP contribution in [-0.4, -0.2) is 13.1 Å². The maximum atomic E-state index is 5.88. The lowest BCUT2D eigenvalue weighted by Crippen LogP contribution is -2.28. The highest BCUT2D eigenvalue weighted by atomic mass is 35.5. The molecule has 0 saturated heterocycles. The monoisotopic (exact) mass is 244 g/mol. The lowest BCUT2D eigenvalue weighted by Gasteiger charge is -2.14. The number of hydrogen-bond acceptors (Lipinski definition) is 3. The van der Waals surface area contributed by atoms with Crippen LogP contribution in [-0.2, 0) is 0 Å². The van der Waals surface area contributed by atoms with Gasteiger partial charge in [0.05, 0.1) is 10.4 Å². The van der Waals surface area contributed by atoms with Crippen LogP contribution in [0.5, 0.6) is 0 Å². The summed E-state index contributed by atoms with van der Waals surface area (Å²) in [4.78, 5) is 1.21. The third kappa shape index (κ3) is 4.34. The molecular formula is C11H17ClN2S. The van der Waals surface area contributed by atoms with Gasteiger partial charge in [-0.05, 0) is 32.0 Å². The summed E-state index contributed by atoms with van der Waals surface area (Å²) in [5, 5.41) is 3.41. The molecule has 1 atom stereocenters. The number of hydrogen-bond donors (Lipinski definition) is 2. The smallest absolute Gasteiger partial charge is 0.0931 e. The first-order valence-corrected chi connectivity index (χ1v) is 6.27.